The number of fused-ring (bicyclic) bond motifs is 6. The van der Waals surface area contributed by atoms with Crippen LogP contribution in [0.5, 0.6) is 0 Å². The molecule has 0 bridgehead atoms. The molecule has 11 aromatic rings. The normalized spacial score (nSPS) is 12.1. The van der Waals surface area contributed by atoms with Gasteiger partial charge in [-0.1, -0.05) is 115 Å². The zero-order chi connectivity index (χ0) is 35.3. The molecule has 0 fully saturated rings. The summed E-state index contributed by atoms with van der Waals surface area (Å²) in [6.07, 6.45) is 0. The Kier molecular flexibility index (Phi) is 5.99. The third-order valence-corrected chi connectivity index (χ3v) is 11.0. The van der Waals surface area contributed by atoms with Gasteiger partial charge in [-0.3, -0.25) is 0 Å². The van der Waals surface area contributed by atoms with Crippen LogP contribution in [0.25, 0.3) is 117 Å². The van der Waals surface area contributed by atoms with E-state index in [4.69, 9.17) is 19.4 Å². The number of hydrogen-bond acceptors (Lipinski definition) is 4. The minimum atomic E-state index is 0.636. The van der Waals surface area contributed by atoms with Crippen LogP contribution < -0.4 is 0 Å². The fraction of sp³-hybridized carbons (Fsp3) is 0. The Morgan fingerprint density at radius 1 is 0.370 bits per heavy atom. The minimum Gasteiger partial charge on any atom is -0.456 e. The highest BCUT2D eigenvalue weighted by atomic mass is 16.3. The van der Waals surface area contributed by atoms with Crippen LogP contribution in [-0.4, -0.2) is 19.5 Å². The Hall–Kier alpha value is -7.37. The largest absolute Gasteiger partial charge is 0.456 e. The molecule has 0 N–H and O–H groups in total. The molecule has 1 aliphatic carbocycles. The van der Waals surface area contributed by atoms with E-state index in [1.165, 1.54) is 49.3 Å². The first kappa shape index (κ1) is 29.2. The Morgan fingerprint density at radius 3 is 1.69 bits per heavy atom. The number of rotatable bonds is 4. The van der Waals surface area contributed by atoms with E-state index >= 15 is 0 Å². The third kappa shape index (κ3) is 4.18. The summed E-state index contributed by atoms with van der Waals surface area (Å²) in [5.74, 6) is 1.93. The van der Waals surface area contributed by atoms with E-state index in [0.29, 0.717) is 17.5 Å². The van der Waals surface area contributed by atoms with Crippen molar-refractivity contribution in [2.45, 2.75) is 0 Å². The molecule has 12 rings (SSSR count). The molecule has 3 aromatic heterocycles. The van der Waals surface area contributed by atoms with E-state index in [2.05, 4.69) is 108 Å². The van der Waals surface area contributed by atoms with Crippen molar-refractivity contribution in [2.75, 3.05) is 0 Å². The molecule has 5 heteroatoms. The van der Waals surface area contributed by atoms with Crippen LogP contribution in [0, 0.1) is 0 Å². The lowest BCUT2D eigenvalue weighted by molar-refractivity contribution is 0.669. The quantitative estimate of drug-likeness (QED) is 0.185. The summed E-state index contributed by atoms with van der Waals surface area (Å²) in [5.41, 5.74) is 12.9. The summed E-state index contributed by atoms with van der Waals surface area (Å²) in [5, 5.41) is 7.31. The summed E-state index contributed by atoms with van der Waals surface area (Å²) >= 11 is 0. The van der Waals surface area contributed by atoms with Crippen molar-refractivity contribution in [3.8, 4) is 62.1 Å². The first-order valence-corrected chi connectivity index (χ1v) is 18.2. The van der Waals surface area contributed by atoms with Crippen LogP contribution in [0.1, 0.15) is 0 Å². The number of aromatic nitrogens is 4. The van der Waals surface area contributed by atoms with E-state index in [1.54, 1.807) is 0 Å². The monoisotopic (exact) mass is 688 g/mol. The van der Waals surface area contributed by atoms with Crippen LogP contribution in [0.4, 0.5) is 0 Å². The molecule has 250 valence electrons. The molecular formula is C49H28N4O. The molecule has 3 heterocycles. The van der Waals surface area contributed by atoms with Crippen molar-refractivity contribution in [2.24, 2.45) is 0 Å². The molecule has 1 aliphatic rings. The Balaban J connectivity index is 1.07. The van der Waals surface area contributed by atoms with Crippen LogP contribution in [0.15, 0.2) is 174 Å². The predicted molar refractivity (Wildman–Crippen MR) is 220 cm³/mol. The van der Waals surface area contributed by atoms with Crippen LogP contribution in [0.3, 0.4) is 0 Å². The van der Waals surface area contributed by atoms with Gasteiger partial charge in [0.25, 0.3) is 0 Å². The second kappa shape index (κ2) is 11.1. The lowest BCUT2D eigenvalue weighted by Crippen LogP contribution is -2.00. The van der Waals surface area contributed by atoms with Crippen molar-refractivity contribution in [3.05, 3.63) is 170 Å². The number of furan rings is 1. The van der Waals surface area contributed by atoms with E-state index in [1.807, 2.05) is 66.7 Å². The zero-order valence-corrected chi connectivity index (χ0v) is 28.9. The highest BCUT2D eigenvalue weighted by Gasteiger charge is 2.26. The maximum Gasteiger partial charge on any atom is 0.164 e. The maximum absolute atomic E-state index is 6.45. The summed E-state index contributed by atoms with van der Waals surface area (Å²) < 4.78 is 8.85. The molecule has 8 aromatic carbocycles. The molecule has 0 radical (unpaired) electrons. The highest BCUT2D eigenvalue weighted by molar-refractivity contribution is 6.31. The number of para-hydroxylation sites is 1. The average Bonchev–Trinajstić information content (AvgIpc) is 3.75. The fourth-order valence-electron chi connectivity index (χ4n) is 8.57. The van der Waals surface area contributed by atoms with Crippen molar-refractivity contribution in [3.63, 3.8) is 0 Å². The SMILES string of the molecule is c1ccc(-c2nc(-c3ccccc3)nc(-c3ccc(-n4c5cccc6c5c5c7c(cccc7ccc54)-c4cc5c(cc4-6)oc4ccccc45)cc3)n2)cc1. The molecule has 0 spiro atoms. The van der Waals surface area contributed by atoms with Gasteiger partial charge in [-0.15, -0.1) is 0 Å². The number of benzene rings is 8. The first-order chi connectivity index (χ1) is 26.8. The second-order valence-corrected chi connectivity index (χ2v) is 14.0. The second-order valence-electron chi connectivity index (χ2n) is 14.0. The molecular weight excluding hydrogens is 661 g/mol. The van der Waals surface area contributed by atoms with Gasteiger partial charge in [-0.25, -0.2) is 15.0 Å². The number of hydrogen-bond donors (Lipinski definition) is 0. The van der Waals surface area contributed by atoms with E-state index in [-0.39, 0.29) is 0 Å². The number of nitrogens with zero attached hydrogens (tertiary/aromatic N) is 4. The standard InChI is InChI=1S/C49H28N4O/c1-3-11-30(12-4-1)47-50-48(31-13-5-2-6-14-31)52-49(51-47)32-21-24-33(25-22-32)53-40-19-10-18-36-38-28-43-39(34-16-7-8-20-42(34)54-43)27-37(38)35-17-9-15-29-23-26-41(53)46(44(29)35)45(36)40/h1-28H. The Labute approximate surface area is 309 Å². The van der Waals surface area contributed by atoms with Gasteiger partial charge >= 0.3 is 0 Å². The lowest BCUT2D eigenvalue weighted by atomic mass is 9.92. The van der Waals surface area contributed by atoms with Crippen LogP contribution >= 0.6 is 0 Å². The molecule has 0 aliphatic heterocycles. The highest BCUT2D eigenvalue weighted by Crippen LogP contribution is 2.51. The van der Waals surface area contributed by atoms with Gasteiger partial charge in [0, 0.05) is 43.9 Å². The van der Waals surface area contributed by atoms with Crippen LogP contribution in [-0.2, 0) is 0 Å². The Bertz CT molecular complexity index is 3250. The van der Waals surface area contributed by atoms with Gasteiger partial charge in [0.2, 0.25) is 0 Å². The van der Waals surface area contributed by atoms with Crippen molar-refractivity contribution < 1.29 is 4.42 Å². The van der Waals surface area contributed by atoms with Gasteiger partial charge < -0.3 is 8.98 Å². The average molecular weight is 689 g/mol. The molecule has 0 unspecified atom stereocenters. The van der Waals surface area contributed by atoms with Gasteiger partial charge in [0.05, 0.1) is 11.0 Å². The topological polar surface area (TPSA) is 56.7 Å². The van der Waals surface area contributed by atoms with E-state index in [9.17, 15) is 0 Å². The molecule has 0 atom stereocenters. The first-order valence-electron chi connectivity index (χ1n) is 18.2. The van der Waals surface area contributed by atoms with E-state index in [0.717, 1.165) is 49.8 Å². The zero-order valence-electron chi connectivity index (χ0n) is 28.9. The van der Waals surface area contributed by atoms with Gasteiger partial charge in [0.15, 0.2) is 17.5 Å². The van der Waals surface area contributed by atoms with Gasteiger partial charge in [0.1, 0.15) is 11.2 Å². The van der Waals surface area contributed by atoms with Crippen molar-refractivity contribution in [1.82, 2.24) is 19.5 Å². The van der Waals surface area contributed by atoms with Gasteiger partial charge in [-0.05, 0) is 87.6 Å². The molecule has 54 heavy (non-hydrogen) atoms. The fourth-order valence-corrected chi connectivity index (χ4v) is 8.57. The molecule has 5 nitrogen and oxygen atoms in total. The molecule has 0 amide bonds. The van der Waals surface area contributed by atoms with Gasteiger partial charge in [-0.2, -0.15) is 0 Å². The molecule has 0 saturated heterocycles. The Morgan fingerprint density at radius 2 is 0.963 bits per heavy atom. The predicted octanol–water partition coefficient (Wildman–Crippen LogP) is 12.7. The van der Waals surface area contributed by atoms with Crippen LogP contribution in [0.2, 0.25) is 0 Å². The minimum absolute atomic E-state index is 0.636. The molecule has 0 saturated carbocycles. The van der Waals surface area contributed by atoms with E-state index < -0.39 is 0 Å². The summed E-state index contributed by atoms with van der Waals surface area (Å²) in [4.78, 5) is 14.8. The van der Waals surface area contributed by atoms with Crippen molar-refractivity contribution >= 4 is 54.5 Å². The summed E-state index contributed by atoms with van der Waals surface area (Å²) in [7, 11) is 0. The summed E-state index contributed by atoms with van der Waals surface area (Å²) in [6, 6.07) is 59.7. The summed E-state index contributed by atoms with van der Waals surface area (Å²) in [6.45, 7) is 0. The smallest absolute Gasteiger partial charge is 0.164 e. The third-order valence-electron chi connectivity index (χ3n) is 11.0. The lowest BCUT2D eigenvalue weighted by Gasteiger charge is -2.14. The maximum atomic E-state index is 6.45. The van der Waals surface area contributed by atoms with Crippen molar-refractivity contribution in [1.29, 1.82) is 0 Å².